The number of nitrogens with zero attached hydrogens (tertiary/aromatic N) is 2. The number of halogens is 1. The fraction of sp³-hybridized carbons (Fsp3) is 0.478. The number of hydrogen-bond acceptors (Lipinski definition) is 4. The lowest BCUT2D eigenvalue weighted by atomic mass is 9.96. The first-order valence-corrected chi connectivity index (χ1v) is 10.1. The van der Waals surface area contributed by atoms with Gasteiger partial charge in [-0.15, -0.1) is 0 Å². The van der Waals surface area contributed by atoms with Crippen molar-refractivity contribution >= 4 is 0 Å². The van der Waals surface area contributed by atoms with Crippen LogP contribution in [0.2, 0.25) is 0 Å². The van der Waals surface area contributed by atoms with E-state index in [1.807, 2.05) is 18.2 Å². The molecule has 0 aromatic heterocycles. The summed E-state index contributed by atoms with van der Waals surface area (Å²) < 4.78 is 19.2. The quantitative estimate of drug-likeness (QED) is 0.746. The molecule has 0 spiro atoms. The van der Waals surface area contributed by atoms with Gasteiger partial charge in [-0.1, -0.05) is 24.3 Å². The number of phenols is 1. The number of likely N-dealkylation sites (tertiary alicyclic amines) is 1. The van der Waals surface area contributed by atoms with E-state index >= 15 is 0 Å². The molecule has 5 heteroatoms. The SMILES string of the molecule is COc1cccc(O)c1CN(C)CC1CCCN(CCc2ccccc2F)C1. The zero-order valence-electron chi connectivity index (χ0n) is 16.9. The fourth-order valence-electron chi connectivity index (χ4n) is 4.16. The molecule has 4 nitrogen and oxygen atoms in total. The Kier molecular flexibility index (Phi) is 7.29. The number of hydrogen-bond donors (Lipinski definition) is 1. The average Bonchev–Trinajstić information content (AvgIpc) is 2.69. The molecule has 1 aliphatic rings. The van der Waals surface area contributed by atoms with Crippen molar-refractivity contribution in [2.45, 2.75) is 25.8 Å². The summed E-state index contributed by atoms with van der Waals surface area (Å²) >= 11 is 0. The minimum absolute atomic E-state index is 0.104. The largest absolute Gasteiger partial charge is 0.507 e. The van der Waals surface area contributed by atoms with E-state index in [0.717, 1.165) is 49.5 Å². The van der Waals surface area contributed by atoms with Crippen LogP contribution in [0.4, 0.5) is 4.39 Å². The molecule has 0 radical (unpaired) electrons. The van der Waals surface area contributed by atoms with Gasteiger partial charge >= 0.3 is 0 Å². The molecule has 28 heavy (non-hydrogen) atoms. The lowest BCUT2D eigenvalue weighted by Crippen LogP contribution is -2.40. The van der Waals surface area contributed by atoms with E-state index in [-0.39, 0.29) is 11.6 Å². The molecule has 0 bridgehead atoms. The molecular formula is C23H31FN2O2. The van der Waals surface area contributed by atoms with E-state index in [2.05, 4.69) is 16.8 Å². The van der Waals surface area contributed by atoms with Gasteiger partial charge < -0.3 is 19.6 Å². The number of rotatable bonds is 8. The van der Waals surface area contributed by atoms with Gasteiger partial charge in [-0.25, -0.2) is 4.39 Å². The standard InChI is InChI=1S/C23H31FN2O2/c1-25(17-20-22(27)10-5-11-23(20)28-2)15-18-7-6-13-26(16-18)14-12-19-8-3-4-9-21(19)24/h3-5,8-11,18,27H,6-7,12-17H2,1-2H3. The van der Waals surface area contributed by atoms with Crippen LogP contribution >= 0.6 is 0 Å². The summed E-state index contributed by atoms with van der Waals surface area (Å²) in [6.45, 7) is 4.64. The smallest absolute Gasteiger partial charge is 0.127 e. The van der Waals surface area contributed by atoms with Gasteiger partial charge in [0, 0.05) is 31.7 Å². The predicted octanol–water partition coefficient (Wildman–Crippen LogP) is 3.93. The highest BCUT2D eigenvalue weighted by atomic mass is 19.1. The lowest BCUT2D eigenvalue weighted by Gasteiger charge is -2.35. The van der Waals surface area contributed by atoms with Crippen molar-refractivity contribution < 1.29 is 14.2 Å². The Hall–Kier alpha value is -2.11. The first kappa shape index (κ1) is 20.6. The number of methoxy groups -OCH3 is 1. The van der Waals surface area contributed by atoms with Crippen LogP contribution in [0.3, 0.4) is 0 Å². The summed E-state index contributed by atoms with van der Waals surface area (Å²) in [5.41, 5.74) is 1.63. The molecule has 1 saturated heterocycles. The molecule has 0 aliphatic carbocycles. The molecule has 1 atom stereocenters. The van der Waals surface area contributed by atoms with Gasteiger partial charge in [-0.3, -0.25) is 0 Å². The lowest BCUT2D eigenvalue weighted by molar-refractivity contribution is 0.141. The third kappa shape index (κ3) is 5.46. The second-order valence-corrected chi connectivity index (χ2v) is 7.80. The molecule has 1 aliphatic heterocycles. The van der Waals surface area contributed by atoms with Crippen LogP contribution in [0.5, 0.6) is 11.5 Å². The number of phenolic OH excluding ortho intramolecular Hbond substituents is 1. The van der Waals surface area contributed by atoms with Crippen molar-refractivity contribution in [3.05, 3.63) is 59.4 Å². The van der Waals surface area contributed by atoms with Crippen LogP contribution in [-0.4, -0.2) is 55.2 Å². The van der Waals surface area contributed by atoms with Gasteiger partial charge in [-0.2, -0.15) is 0 Å². The molecule has 3 rings (SSSR count). The second kappa shape index (κ2) is 9.89. The third-order valence-electron chi connectivity index (χ3n) is 5.58. The Bertz CT molecular complexity index is 768. The van der Waals surface area contributed by atoms with E-state index in [0.29, 0.717) is 12.5 Å². The van der Waals surface area contributed by atoms with Crippen LogP contribution in [0, 0.1) is 11.7 Å². The maximum Gasteiger partial charge on any atom is 0.127 e. The summed E-state index contributed by atoms with van der Waals surface area (Å²) in [4.78, 5) is 4.71. The molecule has 152 valence electrons. The fourth-order valence-corrected chi connectivity index (χ4v) is 4.16. The molecule has 1 unspecified atom stereocenters. The molecule has 0 saturated carbocycles. The highest BCUT2D eigenvalue weighted by Crippen LogP contribution is 2.29. The Morgan fingerprint density at radius 2 is 2.04 bits per heavy atom. The topological polar surface area (TPSA) is 35.9 Å². The van der Waals surface area contributed by atoms with Crippen molar-refractivity contribution in [1.29, 1.82) is 0 Å². The van der Waals surface area contributed by atoms with Gasteiger partial charge in [-0.05, 0) is 62.5 Å². The van der Waals surface area contributed by atoms with Crippen molar-refractivity contribution in [1.82, 2.24) is 9.80 Å². The van der Waals surface area contributed by atoms with E-state index < -0.39 is 0 Å². The summed E-state index contributed by atoms with van der Waals surface area (Å²) in [6, 6.07) is 12.4. The highest BCUT2D eigenvalue weighted by Gasteiger charge is 2.22. The zero-order valence-corrected chi connectivity index (χ0v) is 16.9. The summed E-state index contributed by atoms with van der Waals surface area (Å²) in [5, 5.41) is 10.2. The van der Waals surface area contributed by atoms with Gasteiger partial charge in [0.25, 0.3) is 0 Å². The molecule has 1 fully saturated rings. The first-order valence-electron chi connectivity index (χ1n) is 10.1. The van der Waals surface area contributed by atoms with Gasteiger partial charge in [0.05, 0.1) is 7.11 Å². The average molecular weight is 387 g/mol. The number of ether oxygens (including phenoxy) is 1. The molecule has 2 aromatic rings. The number of benzene rings is 2. The van der Waals surface area contributed by atoms with Crippen LogP contribution < -0.4 is 4.74 Å². The third-order valence-corrected chi connectivity index (χ3v) is 5.58. The molecule has 2 aromatic carbocycles. The van der Waals surface area contributed by atoms with E-state index in [1.165, 1.54) is 18.9 Å². The van der Waals surface area contributed by atoms with Gasteiger partial charge in [0.2, 0.25) is 0 Å². The second-order valence-electron chi connectivity index (χ2n) is 7.80. The van der Waals surface area contributed by atoms with E-state index in [4.69, 9.17) is 4.74 Å². The summed E-state index contributed by atoms with van der Waals surface area (Å²) in [7, 11) is 3.72. The predicted molar refractivity (Wildman–Crippen MR) is 110 cm³/mol. The molecule has 1 N–H and O–H groups in total. The summed E-state index contributed by atoms with van der Waals surface area (Å²) in [5.74, 6) is 1.48. The van der Waals surface area contributed by atoms with Crippen LogP contribution in [0.15, 0.2) is 42.5 Å². The van der Waals surface area contributed by atoms with E-state index in [9.17, 15) is 9.50 Å². The van der Waals surface area contributed by atoms with Crippen LogP contribution in [0.1, 0.15) is 24.0 Å². The number of aromatic hydroxyl groups is 1. The number of piperidine rings is 1. The zero-order chi connectivity index (χ0) is 19.9. The van der Waals surface area contributed by atoms with Crippen molar-refractivity contribution in [2.24, 2.45) is 5.92 Å². The Morgan fingerprint density at radius 3 is 2.82 bits per heavy atom. The minimum Gasteiger partial charge on any atom is -0.507 e. The van der Waals surface area contributed by atoms with Crippen molar-refractivity contribution in [3.8, 4) is 11.5 Å². The monoisotopic (exact) mass is 386 g/mol. The van der Waals surface area contributed by atoms with Crippen molar-refractivity contribution in [2.75, 3.05) is 40.3 Å². The van der Waals surface area contributed by atoms with Crippen LogP contribution in [0.25, 0.3) is 0 Å². The maximum atomic E-state index is 13.8. The molecule has 0 amide bonds. The van der Waals surface area contributed by atoms with E-state index in [1.54, 1.807) is 25.3 Å². The summed E-state index contributed by atoms with van der Waals surface area (Å²) in [6.07, 6.45) is 3.14. The van der Waals surface area contributed by atoms with Crippen molar-refractivity contribution in [3.63, 3.8) is 0 Å². The first-order chi connectivity index (χ1) is 13.6. The minimum atomic E-state index is -0.104. The normalized spacial score (nSPS) is 17.8. The van der Waals surface area contributed by atoms with Gasteiger partial charge in [0.15, 0.2) is 0 Å². The molecular weight excluding hydrogens is 355 g/mol. The Balaban J connectivity index is 1.51. The van der Waals surface area contributed by atoms with Crippen LogP contribution in [-0.2, 0) is 13.0 Å². The van der Waals surface area contributed by atoms with Gasteiger partial charge in [0.1, 0.15) is 17.3 Å². The highest BCUT2D eigenvalue weighted by molar-refractivity contribution is 5.43. The Morgan fingerprint density at radius 1 is 1.21 bits per heavy atom. The Labute approximate surface area is 167 Å². The molecule has 1 heterocycles. The maximum absolute atomic E-state index is 13.8.